The number of H-pyrrole nitrogens is 1. The van der Waals surface area contributed by atoms with Crippen LogP contribution in [0.1, 0.15) is 0 Å². The van der Waals surface area contributed by atoms with Gasteiger partial charge >= 0.3 is 41.5 Å². The Labute approximate surface area is 86.8 Å². The van der Waals surface area contributed by atoms with Crippen molar-refractivity contribution in [3.05, 3.63) is 15.0 Å². The van der Waals surface area contributed by atoms with Crippen molar-refractivity contribution in [1.82, 2.24) is 15.2 Å². The molecule has 1 aromatic rings. The molecule has 1 rings (SSSR count). The van der Waals surface area contributed by atoms with Gasteiger partial charge in [-0.1, -0.05) is 5.10 Å². The van der Waals surface area contributed by atoms with Crippen LogP contribution < -0.4 is 0 Å². The van der Waals surface area contributed by atoms with Gasteiger partial charge in [0.1, 0.15) is 0 Å². The van der Waals surface area contributed by atoms with Crippen LogP contribution in [0.4, 0.5) is 11.9 Å². The fraction of sp³-hybridized carbons (Fsp3) is 0. The first-order valence-electron chi connectivity index (χ1n) is 2.34. The Morgan fingerprint density at radius 3 is 2.33 bits per heavy atom. The van der Waals surface area contributed by atoms with Crippen molar-refractivity contribution in [3.8, 4) is 0 Å². The summed E-state index contributed by atoms with van der Waals surface area (Å²) in [5.74, 6) is -1.40. The van der Waals surface area contributed by atoms with E-state index in [4.69, 9.17) is 5.21 Å². The number of rotatable bonds is 2. The number of hydrogen-bond acceptors (Lipinski definition) is 5. The normalized spacial score (nSPS) is 8.67. The van der Waals surface area contributed by atoms with Crippen LogP contribution in [0.15, 0.2) is 0 Å². The molecule has 0 radical (unpaired) electrons. The Morgan fingerprint density at radius 2 is 2.08 bits per heavy atom. The van der Waals surface area contributed by atoms with E-state index >= 15 is 0 Å². The molecule has 0 aliphatic rings. The number of nitro groups is 1. The van der Waals surface area contributed by atoms with E-state index in [1.54, 1.807) is 0 Å². The monoisotopic (exact) mass is 184 g/mol. The van der Waals surface area contributed by atoms with E-state index in [1.807, 2.05) is 5.10 Å². The van der Waals surface area contributed by atoms with E-state index in [1.165, 1.54) is 0 Å². The van der Waals surface area contributed by atoms with Gasteiger partial charge in [0.05, 0.1) is 5.10 Å². The van der Waals surface area contributed by atoms with Gasteiger partial charge in [0.2, 0.25) is 0 Å². The van der Waals surface area contributed by atoms with Gasteiger partial charge in [-0.2, -0.15) is 0 Å². The Bertz CT molecular complexity index is 280. The van der Waals surface area contributed by atoms with Crippen LogP contribution in [0.25, 0.3) is 0 Å². The molecule has 0 fully saturated rings. The van der Waals surface area contributed by atoms with Crippen LogP contribution >= 0.6 is 0 Å². The summed E-state index contributed by atoms with van der Waals surface area (Å²) in [7, 11) is 0. The quantitative estimate of drug-likeness (QED) is 0.340. The van der Waals surface area contributed by atoms with E-state index in [0.29, 0.717) is 0 Å². The summed E-state index contributed by atoms with van der Waals surface area (Å²) in [5, 5.41) is 22.9. The van der Waals surface area contributed by atoms with Gasteiger partial charge in [-0.15, -0.1) is 0 Å². The van der Waals surface area contributed by atoms with E-state index in [2.05, 4.69) is 10.1 Å². The molecule has 0 bridgehead atoms. The van der Waals surface area contributed by atoms with Crippen molar-refractivity contribution in [2.75, 3.05) is 0 Å². The Kier molecular flexibility index (Phi) is 3.73. The third kappa shape index (κ3) is 2.22. The summed E-state index contributed by atoms with van der Waals surface area (Å²) in [6, 6.07) is 0. The fourth-order valence-electron chi connectivity index (χ4n) is 0.412. The number of nitrogens with one attached hydrogen (secondary N) is 1. The third-order valence-corrected chi connectivity index (χ3v) is 0.806. The molecule has 0 aromatic carbocycles. The maximum absolute atomic E-state index is 9.99. The van der Waals surface area contributed by atoms with Crippen molar-refractivity contribution >= 4 is 41.5 Å². The van der Waals surface area contributed by atoms with Crippen molar-refractivity contribution < 1.29 is 15.1 Å². The van der Waals surface area contributed by atoms with Gasteiger partial charge in [0.25, 0.3) is 0 Å². The molecule has 10 heteroatoms. The average Bonchev–Trinajstić information content (AvgIpc) is 2.33. The van der Waals surface area contributed by atoms with Crippen molar-refractivity contribution in [1.29, 1.82) is 0 Å². The van der Waals surface area contributed by atoms with Gasteiger partial charge in [0, 0.05) is 4.98 Å². The SMILES string of the molecule is O=[N+]([O-])c1nc([N+](=O)O)n[nH]1.[NaH]. The Morgan fingerprint density at radius 1 is 1.50 bits per heavy atom. The predicted octanol–water partition coefficient (Wildman–Crippen LogP) is -1.14. The molecule has 60 valence electrons. The van der Waals surface area contributed by atoms with E-state index in [9.17, 15) is 15.0 Å². The van der Waals surface area contributed by atoms with Gasteiger partial charge < -0.3 is 15.3 Å². The number of aromatic amines is 1. The van der Waals surface area contributed by atoms with Gasteiger partial charge in [-0.05, 0) is 9.83 Å². The topological polar surface area (TPSA) is 125 Å². The standard InChI is InChI=1S/C2H2N5O4.Na.H/c8-6(9)1-3-2(5-4-1)7(10)11;;/h(H,8,9)(H,3,4,5);;/q+1;;. The molecule has 0 atom stereocenters. The van der Waals surface area contributed by atoms with Crippen LogP contribution in [0.2, 0.25) is 0 Å². The first-order chi connectivity index (χ1) is 5.11. The van der Waals surface area contributed by atoms with E-state index in [0.717, 1.165) is 0 Å². The van der Waals surface area contributed by atoms with E-state index < -0.39 is 21.7 Å². The van der Waals surface area contributed by atoms with Crippen LogP contribution in [0, 0.1) is 15.0 Å². The molecule has 0 aliphatic heterocycles. The van der Waals surface area contributed by atoms with Crippen LogP contribution in [0.3, 0.4) is 0 Å². The number of aromatic nitrogens is 3. The zero-order valence-electron chi connectivity index (χ0n) is 4.96. The molecule has 1 aromatic heterocycles. The average molecular weight is 184 g/mol. The molecule has 0 amide bonds. The second kappa shape index (κ2) is 4.09. The van der Waals surface area contributed by atoms with Crippen LogP contribution in [0.5, 0.6) is 0 Å². The van der Waals surface area contributed by atoms with E-state index in [-0.39, 0.29) is 29.6 Å². The summed E-state index contributed by atoms with van der Waals surface area (Å²) in [6.07, 6.45) is 0. The molecule has 0 unspecified atom stereocenters. The van der Waals surface area contributed by atoms with Crippen molar-refractivity contribution in [2.24, 2.45) is 0 Å². The first-order valence-corrected chi connectivity index (χ1v) is 2.34. The van der Waals surface area contributed by atoms with Crippen LogP contribution in [-0.2, 0) is 0 Å². The zero-order valence-corrected chi connectivity index (χ0v) is 4.96. The Hall–Kier alpha value is -1.06. The van der Waals surface area contributed by atoms with Crippen molar-refractivity contribution in [2.45, 2.75) is 0 Å². The Balaban J connectivity index is 0.00000121. The molecule has 0 saturated carbocycles. The second-order valence-electron chi connectivity index (χ2n) is 1.49. The fourth-order valence-corrected chi connectivity index (χ4v) is 0.412. The van der Waals surface area contributed by atoms with Crippen LogP contribution in [-0.4, -0.2) is 59.8 Å². The summed E-state index contributed by atoms with van der Waals surface area (Å²) in [6.45, 7) is 0. The molecule has 2 N–H and O–H groups in total. The summed E-state index contributed by atoms with van der Waals surface area (Å²) in [4.78, 5) is 21.3. The molecule has 0 saturated heterocycles. The summed E-state index contributed by atoms with van der Waals surface area (Å²) < 4.78 is 0. The van der Waals surface area contributed by atoms with Crippen molar-refractivity contribution in [3.63, 3.8) is 0 Å². The second-order valence-corrected chi connectivity index (χ2v) is 1.49. The minimum absolute atomic E-state index is 0. The molecule has 0 spiro atoms. The summed E-state index contributed by atoms with van der Waals surface area (Å²) in [5.41, 5.74) is 0. The molecule has 12 heavy (non-hydrogen) atoms. The number of hydrogen-bond donors (Lipinski definition) is 2. The number of nitrogens with zero attached hydrogens (tertiary/aromatic N) is 4. The van der Waals surface area contributed by atoms with Gasteiger partial charge in [-0.25, -0.2) is 0 Å². The first kappa shape index (κ1) is 10.9. The molecule has 0 aliphatic carbocycles. The maximum atomic E-state index is 9.99. The van der Waals surface area contributed by atoms with Gasteiger partial charge in [-0.3, -0.25) is 0 Å². The molecule has 9 nitrogen and oxygen atoms in total. The molecular weight excluding hydrogens is 181 g/mol. The molecule has 1 heterocycles. The van der Waals surface area contributed by atoms with Gasteiger partial charge in [0.15, 0.2) is 4.92 Å². The zero-order chi connectivity index (χ0) is 8.43. The third-order valence-electron chi connectivity index (χ3n) is 0.806. The predicted molar refractivity (Wildman–Crippen MR) is 35.3 cm³/mol. The molecular formula is C2H3N5NaO4+. The summed E-state index contributed by atoms with van der Waals surface area (Å²) >= 11 is 0. The minimum atomic E-state index is -0.875.